The highest BCUT2D eigenvalue weighted by Crippen LogP contribution is 2.10. The third-order valence-electron chi connectivity index (χ3n) is 3.09. The van der Waals surface area contributed by atoms with Gasteiger partial charge >= 0.3 is 0 Å². The Morgan fingerprint density at radius 3 is 2.65 bits per heavy atom. The lowest BCUT2D eigenvalue weighted by molar-refractivity contribution is 0.0947. The van der Waals surface area contributed by atoms with E-state index in [4.69, 9.17) is 0 Å². The standard InChI is InChI=1S/C15H22F2N2O/c1-11(2)7-5-3-4-6-9-19-15(20)12-8-10-18-14(17)13(12)16/h8,10-11H,3-7,9H2,1-2H3,(H,19,20). The van der Waals surface area contributed by atoms with Gasteiger partial charge in [-0.1, -0.05) is 39.5 Å². The number of rotatable bonds is 8. The summed E-state index contributed by atoms with van der Waals surface area (Å²) in [5, 5.41) is 2.59. The summed E-state index contributed by atoms with van der Waals surface area (Å²) < 4.78 is 26.2. The van der Waals surface area contributed by atoms with Crippen LogP contribution in [-0.2, 0) is 0 Å². The highest BCUT2D eigenvalue weighted by Gasteiger charge is 2.15. The van der Waals surface area contributed by atoms with Crippen LogP contribution in [0.4, 0.5) is 8.78 Å². The van der Waals surface area contributed by atoms with Gasteiger partial charge in [0, 0.05) is 12.7 Å². The van der Waals surface area contributed by atoms with Crippen LogP contribution in [0.5, 0.6) is 0 Å². The van der Waals surface area contributed by atoms with E-state index in [9.17, 15) is 13.6 Å². The number of unbranched alkanes of at least 4 members (excludes halogenated alkanes) is 3. The molecule has 1 aromatic heterocycles. The molecule has 112 valence electrons. The molecule has 0 radical (unpaired) electrons. The third kappa shape index (κ3) is 5.63. The van der Waals surface area contributed by atoms with Crippen LogP contribution in [0.25, 0.3) is 0 Å². The number of halogens is 2. The molecule has 0 unspecified atom stereocenters. The molecule has 3 nitrogen and oxygen atoms in total. The van der Waals surface area contributed by atoms with Crippen LogP contribution in [0.2, 0.25) is 0 Å². The summed E-state index contributed by atoms with van der Waals surface area (Å²) in [6, 6.07) is 1.18. The molecule has 1 heterocycles. The smallest absolute Gasteiger partial charge is 0.254 e. The van der Waals surface area contributed by atoms with Crippen molar-refractivity contribution in [1.29, 1.82) is 0 Å². The van der Waals surface area contributed by atoms with Crippen molar-refractivity contribution in [1.82, 2.24) is 10.3 Å². The quantitative estimate of drug-likeness (QED) is 0.584. The molecule has 1 amide bonds. The molecule has 1 aromatic rings. The fraction of sp³-hybridized carbons (Fsp3) is 0.600. The monoisotopic (exact) mass is 284 g/mol. The number of carbonyl (C=O) groups is 1. The highest BCUT2D eigenvalue weighted by atomic mass is 19.2. The summed E-state index contributed by atoms with van der Waals surface area (Å²) in [4.78, 5) is 14.8. The van der Waals surface area contributed by atoms with Crippen LogP contribution in [-0.4, -0.2) is 17.4 Å². The van der Waals surface area contributed by atoms with Crippen LogP contribution >= 0.6 is 0 Å². The Labute approximate surface area is 118 Å². The molecule has 0 aliphatic carbocycles. The van der Waals surface area contributed by atoms with E-state index in [0.717, 1.165) is 31.4 Å². The second-order valence-corrected chi connectivity index (χ2v) is 5.32. The second kappa shape index (κ2) is 8.61. The van der Waals surface area contributed by atoms with Gasteiger partial charge in [0.1, 0.15) is 0 Å². The van der Waals surface area contributed by atoms with Gasteiger partial charge in [-0.2, -0.15) is 4.39 Å². The van der Waals surface area contributed by atoms with Crippen molar-refractivity contribution in [3.8, 4) is 0 Å². The van der Waals surface area contributed by atoms with E-state index in [1.807, 2.05) is 0 Å². The third-order valence-corrected chi connectivity index (χ3v) is 3.09. The molecule has 0 aliphatic heterocycles. The molecule has 0 saturated carbocycles. The lowest BCUT2D eigenvalue weighted by Gasteiger charge is -2.07. The Balaban J connectivity index is 2.22. The number of nitrogens with zero attached hydrogens (tertiary/aromatic N) is 1. The average Bonchev–Trinajstić information content (AvgIpc) is 2.40. The van der Waals surface area contributed by atoms with E-state index in [1.165, 1.54) is 18.9 Å². The summed E-state index contributed by atoms with van der Waals surface area (Å²) in [6.45, 7) is 4.87. The summed E-state index contributed by atoms with van der Waals surface area (Å²) in [7, 11) is 0. The molecule has 20 heavy (non-hydrogen) atoms. The number of pyridine rings is 1. The second-order valence-electron chi connectivity index (χ2n) is 5.32. The van der Waals surface area contributed by atoms with Crippen molar-refractivity contribution < 1.29 is 13.6 Å². The van der Waals surface area contributed by atoms with Crippen molar-refractivity contribution in [2.75, 3.05) is 6.54 Å². The van der Waals surface area contributed by atoms with Crippen molar-refractivity contribution in [3.05, 3.63) is 29.6 Å². The molecule has 0 atom stereocenters. The first-order valence-corrected chi connectivity index (χ1v) is 7.10. The number of hydrogen-bond acceptors (Lipinski definition) is 2. The molecule has 1 N–H and O–H groups in total. The van der Waals surface area contributed by atoms with Crippen molar-refractivity contribution in [2.24, 2.45) is 5.92 Å². The van der Waals surface area contributed by atoms with Crippen molar-refractivity contribution in [3.63, 3.8) is 0 Å². The zero-order chi connectivity index (χ0) is 15.0. The lowest BCUT2D eigenvalue weighted by Crippen LogP contribution is -2.25. The number of nitrogens with one attached hydrogen (secondary N) is 1. The van der Waals surface area contributed by atoms with E-state index in [2.05, 4.69) is 24.1 Å². The molecule has 0 spiro atoms. The van der Waals surface area contributed by atoms with Gasteiger partial charge in [0.25, 0.3) is 5.91 Å². The van der Waals surface area contributed by atoms with Crippen LogP contribution < -0.4 is 5.32 Å². The molecule has 1 rings (SSSR count). The fourth-order valence-electron chi connectivity index (χ4n) is 1.92. The SMILES string of the molecule is CC(C)CCCCCCNC(=O)c1ccnc(F)c1F. The minimum atomic E-state index is -1.24. The predicted octanol–water partition coefficient (Wildman–Crippen LogP) is 3.70. The van der Waals surface area contributed by atoms with Gasteiger partial charge in [-0.05, 0) is 18.4 Å². The molecule has 5 heteroatoms. The largest absolute Gasteiger partial charge is 0.352 e. The zero-order valence-corrected chi connectivity index (χ0v) is 12.1. The van der Waals surface area contributed by atoms with E-state index in [0.29, 0.717) is 6.54 Å². The topological polar surface area (TPSA) is 42.0 Å². The average molecular weight is 284 g/mol. The normalized spacial score (nSPS) is 10.8. The number of aromatic nitrogens is 1. The van der Waals surface area contributed by atoms with Crippen molar-refractivity contribution in [2.45, 2.75) is 46.0 Å². The predicted molar refractivity (Wildman–Crippen MR) is 74.4 cm³/mol. The van der Waals surface area contributed by atoms with Gasteiger partial charge < -0.3 is 5.32 Å². The summed E-state index contributed by atoms with van der Waals surface area (Å²) in [5.41, 5.74) is -0.294. The molecule has 0 aliphatic rings. The van der Waals surface area contributed by atoms with E-state index in [1.54, 1.807) is 0 Å². The Bertz CT molecular complexity index is 436. The van der Waals surface area contributed by atoms with Crippen molar-refractivity contribution >= 4 is 5.91 Å². The Hall–Kier alpha value is -1.52. The molecule has 0 bridgehead atoms. The Kier molecular flexibility index (Phi) is 7.12. The fourth-order valence-corrected chi connectivity index (χ4v) is 1.92. The molecule has 0 fully saturated rings. The number of carbonyl (C=O) groups excluding carboxylic acids is 1. The van der Waals surface area contributed by atoms with E-state index in [-0.39, 0.29) is 5.56 Å². The van der Waals surface area contributed by atoms with E-state index < -0.39 is 17.7 Å². The maximum absolute atomic E-state index is 13.3. The molecule has 0 aromatic carbocycles. The number of amides is 1. The summed E-state index contributed by atoms with van der Waals surface area (Å²) in [6.07, 6.45) is 6.49. The van der Waals surface area contributed by atoms with Crippen LogP contribution in [0.3, 0.4) is 0 Å². The molecular weight excluding hydrogens is 262 g/mol. The van der Waals surface area contributed by atoms with Gasteiger partial charge in [0.2, 0.25) is 5.95 Å². The Morgan fingerprint density at radius 1 is 1.25 bits per heavy atom. The summed E-state index contributed by atoms with van der Waals surface area (Å²) in [5.74, 6) is -2.31. The Morgan fingerprint density at radius 2 is 1.95 bits per heavy atom. The zero-order valence-electron chi connectivity index (χ0n) is 12.1. The van der Waals surface area contributed by atoms with Gasteiger partial charge in [-0.25, -0.2) is 9.37 Å². The first-order chi connectivity index (χ1) is 9.52. The highest BCUT2D eigenvalue weighted by molar-refractivity contribution is 5.94. The van der Waals surface area contributed by atoms with Crippen LogP contribution in [0, 0.1) is 17.7 Å². The summed E-state index contributed by atoms with van der Waals surface area (Å²) >= 11 is 0. The van der Waals surface area contributed by atoms with Gasteiger partial charge in [0.05, 0.1) is 5.56 Å². The van der Waals surface area contributed by atoms with Crippen LogP contribution in [0.1, 0.15) is 56.3 Å². The first-order valence-electron chi connectivity index (χ1n) is 7.10. The number of hydrogen-bond donors (Lipinski definition) is 1. The minimum absolute atomic E-state index is 0.294. The van der Waals surface area contributed by atoms with Gasteiger partial charge in [-0.3, -0.25) is 4.79 Å². The maximum atomic E-state index is 13.3. The molecule has 0 saturated heterocycles. The maximum Gasteiger partial charge on any atom is 0.254 e. The minimum Gasteiger partial charge on any atom is -0.352 e. The lowest BCUT2D eigenvalue weighted by atomic mass is 10.0. The van der Waals surface area contributed by atoms with Gasteiger partial charge in [-0.15, -0.1) is 0 Å². The van der Waals surface area contributed by atoms with E-state index >= 15 is 0 Å². The van der Waals surface area contributed by atoms with Gasteiger partial charge in [0.15, 0.2) is 5.82 Å². The molecular formula is C15H22F2N2O. The van der Waals surface area contributed by atoms with Crippen LogP contribution in [0.15, 0.2) is 12.3 Å². The first kappa shape index (κ1) is 16.5.